The minimum Gasteiger partial charge on any atom is -0.493 e. The molecule has 41 heavy (non-hydrogen) atoms. The largest absolute Gasteiger partial charge is 0.493 e. The third-order valence-corrected chi connectivity index (χ3v) is 6.57. The molecular weight excluding hydrogens is 516 g/mol. The Kier molecular flexibility index (Phi) is 8.96. The van der Waals surface area contributed by atoms with Crippen molar-refractivity contribution in [2.24, 2.45) is 0 Å². The van der Waals surface area contributed by atoms with Gasteiger partial charge in [-0.2, -0.15) is 10.2 Å². The summed E-state index contributed by atoms with van der Waals surface area (Å²) in [5.74, 6) is 1.22. The Morgan fingerprint density at radius 3 is 2.68 bits per heavy atom. The van der Waals surface area contributed by atoms with Crippen LogP contribution in [0.15, 0.2) is 89.7 Å². The standard InChI is InChI=1S/C32H30N6O3/c1-22-28(25-6-3-2-4-7-25)8-5-9-29(22)31-37-32(41-38-31)36-27-10-11-30(26(17-27)21-34-13-14-39)40-15-12-23-16-24(18-33)20-35-19-23/h2-11,16-17,19-20,34,39H,12-15,21H2,1H3,(H,36,37,38). The SMILES string of the molecule is Cc1c(-c2ccccc2)cccc1-c1noc(Nc2ccc(OCCc3cncc(C#N)c3)c(CNCCO)c2)n1. The van der Waals surface area contributed by atoms with E-state index in [0.717, 1.165) is 39.1 Å². The summed E-state index contributed by atoms with van der Waals surface area (Å²) in [4.78, 5) is 8.70. The number of aliphatic hydroxyl groups is 1. The number of rotatable bonds is 12. The van der Waals surface area contributed by atoms with Gasteiger partial charge in [-0.15, -0.1) is 0 Å². The molecule has 0 saturated carbocycles. The van der Waals surface area contributed by atoms with Gasteiger partial charge in [0.25, 0.3) is 0 Å². The lowest BCUT2D eigenvalue weighted by Gasteiger charge is -2.14. The van der Waals surface area contributed by atoms with Gasteiger partial charge in [-0.3, -0.25) is 4.98 Å². The average molecular weight is 547 g/mol. The van der Waals surface area contributed by atoms with E-state index in [1.54, 1.807) is 6.20 Å². The fraction of sp³-hybridized carbons (Fsp3) is 0.188. The lowest BCUT2D eigenvalue weighted by Crippen LogP contribution is -2.18. The second-order valence-corrected chi connectivity index (χ2v) is 9.41. The second kappa shape index (κ2) is 13.3. The number of pyridine rings is 1. The Labute approximate surface area is 238 Å². The molecule has 0 fully saturated rings. The van der Waals surface area contributed by atoms with Crippen molar-refractivity contribution < 1.29 is 14.4 Å². The molecule has 0 amide bonds. The molecule has 0 radical (unpaired) electrons. The van der Waals surface area contributed by atoms with E-state index in [0.29, 0.717) is 43.3 Å². The Morgan fingerprint density at radius 1 is 1.00 bits per heavy atom. The summed E-state index contributed by atoms with van der Waals surface area (Å²) in [5, 5.41) is 28.9. The van der Waals surface area contributed by atoms with Crippen LogP contribution in [0, 0.1) is 18.3 Å². The highest BCUT2D eigenvalue weighted by molar-refractivity contribution is 5.75. The summed E-state index contributed by atoms with van der Waals surface area (Å²) in [7, 11) is 0. The van der Waals surface area contributed by atoms with Gasteiger partial charge in [0, 0.05) is 48.7 Å². The third-order valence-electron chi connectivity index (χ3n) is 6.57. The summed E-state index contributed by atoms with van der Waals surface area (Å²) < 4.78 is 11.6. The first-order chi connectivity index (χ1) is 20.1. The monoisotopic (exact) mass is 546 g/mol. The average Bonchev–Trinajstić information content (AvgIpc) is 3.47. The molecule has 206 valence electrons. The Balaban J connectivity index is 1.30. The zero-order chi connectivity index (χ0) is 28.4. The third kappa shape index (κ3) is 6.94. The van der Waals surface area contributed by atoms with Crippen LogP contribution in [-0.2, 0) is 13.0 Å². The highest BCUT2D eigenvalue weighted by atomic mass is 16.5. The second-order valence-electron chi connectivity index (χ2n) is 9.41. The van der Waals surface area contributed by atoms with Crippen LogP contribution in [0.3, 0.4) is 0 Å². The summed E-state index contributed by atoms with van der Waals surface area (Å²) in [6.07, 6.45) is 3.89. The van der Waals surface area contributed by atoms with Crippen LogP contribution in [0.2, 0.25) is 0 Å². The predicted molar refractivity (Wildman–Crippen MR) is 157 cm³/mol. The van der Waals surface area contributed by atoms with E-state index >= 15 is 0 Å². The Hall–Kier alpha value is -5.04. The quantitative estimate of drug-likeness (QED) is 0.176. The van der Waals surface area contributed by atoms with Gasteiger partial charge in [0.05, 0.1) is 18.8 Å². The van der Waals surface area contributed by atoms with Gasteiger partial charge in [-0.25, -0.2) is 0 Å². The number of nitrogens with one attached hydrogen (secondary N) is 2. The van der Waals surface area contributed by atoms with Crippen molar-refractivity contribution >= 4 is 11.7 Å². The van der Waals surface area contributed by atoms with E-state index in [1.807, 2.05) is 54.6 Å². The number of hydrogen-bond acceptors (Lipinski definition) is 9. The summed E-state index contributed by atoms with van der Waals surface area (Å²) in [5.41, 5.74) is 7.33. The van der Waals surface area contributed by atoms with Gasteiger partial charge < -0.3 is 25.0 Å². The summed E-state index contributed by atoms with van der Waals surface area (Å²) in [6, 6.07) is 26.2. The van der Waals surface area contributed by atoms with Crippen LogP contribution in [-0.4, -0.2) is 40.0 Å². The van der Waals surface area contributed by atoms with Crippen molar-refractivity contribution in [3.05, 3.63) is 107 Å². The van der Waals surface area contributed by atoms with Crippen molar-refractivity contribution in [2.45, 2.75) is 19.9 Å². The predicted octanol–water partition coefficient (Wildman–Crippen LogP) is 5.43. The minimum absolute atomic E-state index is 0.0337. The fourth-order valence-electron chi connectivity index (χ4n) is 4.52. The number of nitriles is 1. The molecule has 0 aliphatic carbocycles. The van der Waals surface area contributed by atoms with Gasteiger partial charge in [-0.1, -0.05) is 53.7 Å². The van der Waals surface area contributed by atoms with E-state index < -0.39 is 0 Å². The highest BCUT2D eigenvalue weighted by Crippen LogP contribution is 2.31. The van der Waals surface area contributed by atoms with Gasteiger partial charge in [0.1, 0.15) is 11.8 Å². The molecule has 0 saturated heterocycles. The lowest BCUT2D eigenvalue weighted by atomic mass is 9.96. The van der Waals surface area contributed by atoms with E-state index in [-0.39, 0.29) is 12.6 Å². The van der Waals surface area contributed by atoms with Crippen molar-refractivity contribution in [2.75, 3.05) is 25.1 Å². The number of hydrogen-bond donors (Lipinski definition) is 3. The number of aliphatic hydroxyl groups excluding tert-OH is 1. The van der Waals surface area contributed by atoms with Crippen molar-refractivity contribution in [3.8, 4) is 34.3 Å². The first-order valence-electron chi connectivity index (χ1n) is 13.3. The van der Waals surface area contributed by atoms with Gasteiger partial charge >= 0.3 is 6.01 Å². The molecule has 3 aromatic carbocycles. The van der Waals surface area contributed by atoms with Crippen LogP contribution in [0.4, 0.5) is 11.7 Å². The maximum absolute atomic E-state index is 9.21. The topological polar surface area (TPSA) is 129 Å². The molecule has 3 N–H and O–H groups in total. The molecule has 9 nitrogen and oxygen atoms in total. The van der Waals surface area contributed by atoms with Crippen LogP contribution in [0.25, 0.3) is 22.5 Å². The Morgan fingerprint density at radius 2 is 1.85 bits per heavy atom. The molecule has 5 rings (SSSR count). The molecular formula is C32H30N6O3. The molecule has 0 atom stereocenters. The van der Waals surface area contributed by atoms with Crippen molar-refractivity contribution in [1.29, 1.82) is 5.26 Å². The molecule has 0 aliphatic heterocycles. The fourth-order valence-corrected chi connectivity index (χ4v) is 4.52. The van der Waals surface area contributed by atoms with Crippen LogP contribution in [0.1, 0.15) is 22.3 Å². The normalized spacial score (nSPS) is 10.8. The maximum atomic E-state index is 9.21. The number of benzene rings is 3. The smallest absolute Gasteiger partial charge is 0.326 e. The van der Waals surface area contributed by atoms with Crippen LogP contribution < -0.4 is 15.4 Å². The first-order valence-corrected chi connectivity index (χ1v) is 13.3. The number of aromatic nitrogens is 3. The molecule has 0 unspecified atom stereocenters. The first kappa shape index (κ1) is 27.5. The number of nitrogens with zero attached hydrogens (tertiary/aromatic N) is 4. The molecule has 5 aromatic rings. The lowest BCUT2D eigenvalue weighted by molar-refractivity contribution is 0.290. The number of ether oxygens (including phenoxy) is 1. The number of anilines is 2. The Bertz CT molecular complexity index is 1650. The van der Waals surface area contributed by atoms with Gasteiger partial charge in [0.2, 0.25) is 5.82 Å². The molecule has 9 heteroatoms. The molecule has 2 heterocycles. The van der Waals surface area contributed by atoms with E-state index in [9.17, 15) is 5.11 Å². The van der Waals surface area contributed by atoms with E-state index in [4.69, 9.17) is 14.5 Å². The zero-order valence-electron chi connectivity index (χ0n) is 22.7. The van der Waals surface area contributed by atoms with E-state index in [2.05, 4.69) is 57.0 Å². The molecule has 2 aromatic heterocycles. The summed E-state index contributed by atoms with van der Waals surface area (Å²) >= 11 is 0. The van der Waals surface area contributed by atoms with Gasteiger partial charge in [0.15, 0.2) is 0 Å². The highest BCUT2D eigenvalue weighted by Gasteiger charge is 2.15. The summed E-state index contributed by atoms with van der Waals surface area (Å²) in [6.45, 7) is 3.47. The molecule has 0 bridgehead atoms. The van der Waals surface area contributed by atoms with E-state index in [1.165, 1.54) is 6.20 Å². The maximum Gasteiger partial charge on any atom is 0.326 e. The van der Waals surface area contributed by atoms with Crippen molar-refractivity contribution in [1.82, 2.24) is 20.4 Å². The van der Waals surface area contributed by atoms with Gasteiger partial charge in [-0.05, 0) is 53.4 Å². The minimum atomic E-state index is 0.0337. The van der Waals surface area contributed by atoms with Crippen molar-refractivity contribution in [3.63, 3.8) is 0 Å². The van der Waals surface area contributed by atoms with Crippen LogP contribution >= 0.6 is 0 Å². The molecule has 0 spiro atoms. The zero-order valence-corrected chi connectivity index (χ0v) is 22.7. The molecule has 0 aliphatic rings. The van der Waals surface area contributed by atoms with Crippen LogP contribution in [0.5, 0.6) is 5.75 Å².